The Hall–Kier alpha value is -1.88. The normalized spacial score (nSPS) is 38.5. The third-order valence-electron chi connectivity index (χ3n) is 5.90. The highest BCUT2D eigenvalue weighted by molar-refractivity contribution is 5.40. The zero-order chi connectivity index (χ0) is 16.0. The first-order chi connectivity index (χ1) is 11.1. The van der Waals surface area contributed by atoms with E-state index in [9.17, 15) is 15.2 Å². The summed E-state index contributed by atoms with van der Waals surface area (Å²) in [7, 11) is 0. The van der Waals surface area contributed by atoms with Gasteiger partial charge in [0.2, 0.25) is 0 Å². The van der Waals surface area contributed by atoms with E-state index in [1.54, 1.807) is 12.1 Å². The second kappa shape index (κ2) is 5.34. The van der Waals surface area contributed by atoms with Gasteiger partial charge in [0.25, 0.3) is 6.04 Å². The molecule has 0 amide bonds. The maximum Gasteiger partial charge on any atom is 0.282 e. The summed E-state index contributed by atoms with van der Waals surface area (Å²) < 4.78 is 6.41. The van der Waals surface area contributed by atoms with Crippen LogP contribution in [0.25, 0.3) is 0 Å². The molecule has 0 aromatic heterocycles. The molecule has 1 N–H and O–H groups in total. The molecule has 1 spiro atoms. The lowest BCUT2D eigenvalue weighted by Crippen LogP contribution is -2.65. The molecule has 2 unspecified atom stereocenters. The van der Waals surface area contributed by atoms with Crippen LogP contribution in [0.2, 0.25) is 0 Å². The Balaban J connectivity index is 1.90. The minimum absolute atomic E-state index is 0.0819. The fourth-order valence-corrected chi connectivity index (χ4v) is 4.94. The van der Waals surface area contributed by atoms with Crippen molar-refractivity contribution in [1.29, 1.82) is 0 Å². The molecule has 23 heavy (non-hydrogen) atoms. The number of hydrogen-bond acceptors (Lipinski definition) is 4. The van der Waals surface area contributed by atoms with Crippen LogP contribution in [0.3, 0.4) is 0 Å². The lowest BCUT2D eigenvalue weighted by Gasteiger charge is -2.52. The number of aliphatic hydroxyl groups is 1. The highest BCUT2D eigenvalue weighted by Gasteiger charge is 2.65. The van der Waals surface area contributed by atoms with Gasteiger partial charge in [-0.05, 0) is 31.7 Å². The van der Waals surface area contributed by atoms with Crippen LogP contribution in [-0.2, 0) is 0 Å². The van der Waals surface area contributed by atoms with Gasteiger partial charge < -0.3 is 9.84 Å². The molecule has 1 aromatic rings. The molecular formula is C18H21NO4. The smallest absolute Gasteiger partial charge is 0.282 e. The molecular weight excluding hydrogens is 294 g/mol. The quantitative estimate of drug-likeness (QED) is 0.490. The Labute approximate surface area is 135 Å². The van der Waals surface area contributed by atoms with Gasteiger partial charge in [-0.25, -0.2) is 0 Å². The van der Waals surface area contributed by atoms with E-state index < -0.39 is 17.7 Å². The van der Waals surface area contributed by atoms with Crippen molar-refractivity contribution >= 4 is 0 Å². The molecule has 2 aliphatic carbocycles. The van der Waals surface area contributed by atoms with Gasteiger partial charge in [0, 0.05) is 22.3 Å². The van der Waals surface area contributed by atoms with Crippen molar-refractivity contribution in [3.05, 3.63) is 52.1 Å². The SMILES string of the molecule is O=[N+]([O-])[C@H]1[C@@H](O)c2ccccc2OC12C1CC=CCC2CCC1. The number of rotatable bonds is 1. The van der Waals surface area contributed by atoms with E-state index in [0.717, 1.165) is 32.1 Å². The molecule has 3 aliphatic rings. The van der Waals surface area contributed by atoms with Gasteiger partial charge in [0.05, 0.1) is 0 Å². The number of allylic oxidation sites excluding steroid dienone is 2. The van der Waals surface area contributed by atoms with Crippen molar-refractivity contribution in [2.45, 2.75) is 49.9 Å². The fourth-order valence-electron chi connectivity index (χ4n) is 4.94. The van der Waals surface area contributed by atoms with Crippen LogP contribution in [0.5, 0.6) is 5.75 Å². The molecule has 0 radical (unpaired) electrons. The van der Waals surface area contributed by atoms with Crippen molar-refractivity contribution in [3.63, 3.8) is 0 Å². The monoisotopic (exact) mass is 315 g/mol. The van der Waals surface area contributed by atoms with Crippen molar-refractivity contribution in [3.8, 4) is 5.75 Å². The van der Waals surface area contributed by atoms with E-state index in [-0.39, 0.29) is 16.8 Å². The summed E-state index contributed by atoms with van der Waals surface area (Å²) in [5.41, 5.74) is -0.367. The summed E-state index contributed by atoms with van der Waals surface area (Å²) in [5.74, 6) is 0.772. The van der Waals surface area contributed by atoms with Gasteiger partial charge >= 0.3 is 0 Å². The highest BCUT2D eigenvalue weighted by Crippen LogP contribution is 2.55. The van der Waals surface area contributed by atoms with Gasteiger partial charge in [0.15, 0.2) is 11.7 Å². The first-order valence-corrected chi connectivity index (χ1v) is 8.39. The zero-order valence-corrected chi connectivity index (χ0v) is 12.9. The summed E-state index contributed by atoms with van der Waals surface area (Å²) >= 11 is 0. The molecule has 1 aromatic carbocycles. The number of hydrogen-bond donors (Lipinski definition) is 1. The molecule has 5 heteroatoms. The lowest BCUT2D eigenvalue weighted by molar-refractivity contribution is -0.566. The molecule has 1 aliphatic heterocycles. The van der Waals surface area contributed by atoms with E-state index >= 15 is 0 Å². The largest absolute Gasteiger partial charge is 0.479 e. The molecule has 4 rings (SSSR count). The standard InChI is InChI=1S/C18H21NO4/c20-16-14-10-3-4-11-15(14)23-18(17(16)19(21)22)12-6-1-2-7-13(18)9-5-8-12/h1-4,10-13,16-17,20H,5-9H2/t12?,13?,16-,17-,18?/m0/s1. The van der Waals surface area contributed by atoms with Crippen molar-refractivity contribution in [1.82, 2.24) is 0 Å². The van der Waals surface area contributed by atoms with Crippen LogP contribution >= 0.6 is 0 Å². The molecule has 1 heterocycles. The van der Waals surface area contributed by atoms with E-state index in [2.05, 4.69) is 12.2 Å². The molecule has 5 nitrogen and oxygen atoms in total. The van der Waals surface area contributed by atoms with E-state index in [4.69, 9.17) is 4.74 Å². The van der Waals surface area contributed by atoms with E-state index in [1.165, 1.54) is 0 Å². The van der Waals surface area contributed by atoms with Gasteiger partial charge in [-0.15, -0.1) is 0 Å². The Kier molecular flexibility index (Phi) is 3.41. The van der Waals surface area contributed by atoms with Crippen molar-refractivity contribution < 1.29 is 14.8 Å². The number of aliphatic hydroxyl groups excluding tert-OH is 1. The minimum atomic E-state index is -1.11. The van der Waals surface area contributed by atoms with Crippen LogP contribution in [-0.4, -0.2) is 21.7 Å². The average Bonchev–Trinajstić information content (AvgIpc) is 2.62. The number of benzene rings is 1. The third kappa shape index (κ3) is 2.02. The highest BCUT2D eigenvalue weighted by atomic mass is 16.6. The molecule has 0 saturated heterocycles. The number of para-hydroxylation sites is 1. The van der Waals surface area contributed by atoms with Crippen molar-refractivity contribution in [2.24, 2.45) is 11.8 Å². The molecule has 2 bridgehead atoms. The lowest BCUT2D eigenvalue weighted by atomic mass is 9.61. The molecule has 4 atom stereocenters. The first-order valence-electron chi connectivity index (χ1n) is 8.39. The van der Waals surface area contributed by atoms with Crippen LogP contribution in [0, 0.1) is 22.0 Å². The first kappa shape index (κ1) is 14.7. The van der Waals surface area contributed by atoms with Gasteiger partial charge in [0.1, 0.15) is 5.75 Å². The topological polar surface area (TPSA) is 72.6 Å². The minimum Gasteiger partial charge on any atom is -0.479 e. The Bertz CT molecular complexity index is 640. The van der Waals surface area contributed by atoms with E-state index in [0.29, 0.717) is 11.3 Å². The molecule has 122 valence electrons. The van der Waals surface area contributed by atoms with Crippen LogP contribution in [0.4, 0.5) is 0 Å². The number of fused-ring (bicyclic) bond motifs is 1. The maximum absolute atomic E-state index is 11.9. The maximum atomic E-state index is 11.9. The van der Waals surface area contributed by atoms with Crippen molar-refractivity contribution in [2.75, 3.05) is 0 Å². The second-order valence-corrected chi connectivity index (χ2v) is 6.94. The number of nitrogens with zero attached hydrogens (tertiary/aromatic N) is 1. The summed E-state index contributed by atoms with van der Waals surface area (Å²) in [4.78, 5) is 11.6. The second-order valence-electron chi connectivity index (χ2n) is 6.94. The Morgan fingerprint density at radius 2 is 1.83 bits per heavy atom. The predicted octanol–water partition coefficient (Wildman–Crippen LogP) is 3.26. The number of nitro groups is 1. The Morgan fingerprint density at radius 1 is 1.17 bits per heavy atom. The predicted molar refractivity (Wildman–Crippen MR) is 84.7 cm³/mol. The summed E-state index contributed by atoms with van der Waals surface area (Å²) in [6, 6.07) is 6.10. The van der Waals surface area contributed by atoms with Gasteiger partial charge in [-0.3, -0.25) is 10.1 Å². The third-order valence-corrected chi connectivity index (χ3v) is 5.90. The Morgan fingerprint density at radius 3 is 2.48 bits per heavy atom. The van der Waals surface area contributed by atoms with E-state index in [1.807, 2.05) is 12.1 Å². The van der Waals surface area contributed by atoms with Gasteiger partial charge in [-0.1, -0.05) is 36.8 Å². The zero-order valence-electron chi connectivity index (χ0n) is 12.9. The van der Waals surface area contributed by atoms with Gasteiger partial charge in [-0.2, -0.15) is 0 Å². The van der Waals surface area contributed by atoms with Crippen LogP contribution in [0.1, 0.15) is 43.8 Å². The summed E-state index contributed by atoms with van der Waals surface area (Å²) in [5, 5.41) is 22.8. The fraction of sp³-hybridized carbons (Fsp3) is 0.556. The van der Waals surface area contributed by atoms with Crippen LogP contribution in [0.15, 0.2) is 36.4 Å². The average molecular weight is 315 g/mol. The molecule has 1 fully saturated rings. The van der Waals surface area contributed by atoms with Crippen LogP contribution < -0.4 is 4.74 Å². The summed E-state index contributed by atoms with van der Waals surface area (Å²) in [6.45, 7) is 0. The molecule has 1 saturated carbocycles. The summed E-state index contributed by atoms with van der Waals surface area (Å²) in [6.07, 6.45) is 7.63. The number of ether oxygens (including phenoxy) is 1.